The van der Waals surface area contributed by atoms with Crippen molar-refractivity contribution >= 4 is 29.0 Å². The van der Waals surface area contributed by atoms with E-state index < -0.39 is 0 Å². The third kappa shape index (κ3) is 1.99. The van der Waals surface area contributed by atoms with Gasteiger partial charge in [0.25, 0.3) is 0 Å². The van der Waals surface area contributed by atoms with Crippen molar-refractivity contribution in [3.8, 4) is 11.1 Å². The Hall–Kier alpha value is -1.25. The molecule has 0 atom stereocenters. The normalized spacial score (nSPS) is 10.4. The molecule has 1 aromatic heterocycles. The van der Waals surface area contributed by atoms with Gasteiger partial charge in [0.2, 0.25) is 0 Å². The van der Waals surface area contributed by atoms with Crippen LogP contribution in [0.4, 0.5) is 5.82 Å². The van der Waals surface area contributed by atoms with Crippen molar-refractivity contribution in [1.29, 1.82) is 0 Å². The van der Waals surface area contributed by atoms with Gasteiger partial charge in [-0.3, -0.25) is 0 Å². The minimum atomic E-state index is 0.499. The second-order valence-electron chi connectivity index (χ2n) is 3.47. The van der Waals surface area contributed by atoms with Crippen molar-refractivity contribution in [2.24, 2.45) is 0 Å². The van der Waals surface area contributed by atoms with Crippen molar-refractivity contribution in [3.63, 3.8) is 0 Å². The monoisotopic (exact) mass is 252 g/mol. The first kappa shape index (κ1) is 11.2. The molecule has 0 unspecified atom stereocenters. The first-order valence-corrected chi connectivity index (χ1v) is 5.52. The van der Waals surface area contributed by atoms with Gasteiger partial charge in [0.15, 0.2) is 0 Å². The average molecular weight is 253 g/mol. The van der Waals surface area contributed by atoms with Crippen molar-refractivity contribution in [3.05, 3.63) is 46.1 Å². The molecule has 0 bridgehead atoms. The number of hydrogen-bond donors (Lipinski definition) is 1. The Kier molecular flexibility index (Phi) is 3.03. The molecule has 0 amide bonds. The number of aromatic nitrogens is 1. The Morgan fingerprint density at radius 2 is 1.81 bits per heavy atom. The first-order valence-electron chi connectivity index (χ1n) is 4.77. The molecule has 16 heavy (non-hydrogen) atoms. The average Bonchev–Trinajstić information content (AvgIpc) is 2.23. The van der Waals surface area contributed by atoms with Gasteiger partial charge in [-0.2, -0.15) is 0 Å². The van der Waals surface area contributed by atoms with E-state index in [9.17, 15) is 0 Å². The number of hydrogen-bond acceptors (Lipinski definition) is 2. The van der Waals surface area contributed by atoms with Gasteiger partial charge >= 0.3 is 0 Å². The van der Waals surface area contributed by atoms with Gasteiger partial charge in [-0.15, -0.1) is 0 Å². The molecule has 0 aliphatic heterocycles. The molecule has 1 heterocycles. The Morgan fingerprint density at radius 1 is 1.06 bits per heavy atom. The molecular weight excluding hydrogens is 243 g/mol. The topological polar surface area (TPSA) is 38.9 Å². The van der Waals surface area contributed by atoms with Gasteiger partial charge < -0.3 is 5.73 Å². The lowest BCUT2D eigenvalue weighted by atomic mass is 10.0. The summed E-state index contributed by atoms with van der Waals surface area (Å²) in [5.41, 5.74) is 8.26. The summed E-state index contributed by atoms with van der Waals surface area (Å²) in [6.07, 6.45) is 0. The van der Waals surface area contributed by atoms with Crippen LogP contribution >= 0.6 is 23.2 Å². The standard InChI is InChI=1S/C12H10Cl2N2/c1-7-8(5-6-11(15)16-7)9-3-2-4-10(13)12(9)14/h2-6H,1H3,(H2,15,16). The molecular formula is C12H10Cl2N2. The zero-order valence-electron chi connectivity index (χ0n) is 8.67. The second-order valence-corrected chi connectivity index (χ2v) is 4.26. The summed E-state index contributed by atoms with van der Waals surface area (Å²) in [5, 5.41) is 1.08. The minimum absolute atomic E-state index is 0.499. The zero-order chi connectivity index (χ0) is 11.7. The van der Waals surface area contributed by atoms with Crippen LogP contribution in [-0.2, 0) is 0 Å². The number of pyridine rings is 1. The van der Waals surface area contributed by atoms with E-state index in [1.807, 2.05) is 25.1 Å². The summed E-state index contributed by atoms with van der Waals surface area (Å²) < 4.78 is 0. The SMILES string of the molecule is Cc1nc(N)ccc1-c1cccc(Cl)c1Cl. The number of aryl methyl sites for hydroxylation is 1. The van der Waals surface area contributed by atoms with E-state index in [-0.39, 0.29) is 0 Å². The second kappa shape index (κ2) is 4.32. The fraction of sp³-hybridized carbons (Fsp3) is 0.0833. The molecule has 0 saturated carbocycles. The Bertz CT molecular complexity index is 539. The van der Waals surface area contributed by atoms with Gasteiger partial charge in [0, 0.05) is 16.8 Å². The lowest BCUT2D eigenvalue weighted by molar-refractivity contribution is 1.21. The van der Waals surface area contributed by atoms with Crippen molar-refractivity contribution < 1.29 is 0 Å². The summed E-state index contributed by atoms with van der Waals surface area (Å²) in [6, 6.07) is 9.18. The largest absolute Gasteiger partial charge is 0.384 e. The molecule has 0 radical (unpaired) electrons. The van der Waals surface area contributed by atoms with Crippen molar-refractivity contribution in [1.82, 2.24) is 4.98 Å². The van der Waals surface area contributed by atoms with Crippen LogP contribution in [0.2, 0.25) is 10.0 Å². The maximum absolute atomic E-state index is 6.15. The number of halogens is 2. The third-order valence-electron chi connectivity index (χ3n) is 2.35. The number of nitrogens with two attached hydrogens (primary N) is 1. The third-order valence-corrected chi connectivity index (χ3v) is 3.17. The van der Waals surface area contributed by atoms with Crippen LogP contribution in [0.5, 0.6) is 0 Å². The van der Waals surface area contributed by atoms with Crippen LogP contribution in [0.25, 0.3) is 11.1 Å². The molecule has 0 saturated heterocycles. The van der Waals surface area contributed by atoms with Crippen LogP contribution < -0.4 is 5.73 Å². The predicted molar refractivity (Wildman–Crippen MR) is 68.8 cm³/mol. The van der Waals surface area contributed by atoms with Crippen LogP contribution in [0.3, 0.4) is 0 Å². The predicted octanol–water partition coefficient (Wildman–Crippen LogP) is 3.95. The molecule has 82 valence electrons. The van der Waals surface area contributed by atoms with E-state index in [1.165, 1.54) is 0 Å². The molecule has 4 heteroatoms. The fourth-order valence-corrected chi connectivity index (χ4v) is 1.98. The molecule has 2 aromatic rings. The lowest BCUT2D eigenvalue weighted by Crippen LogP contribution is -1.94. The maximum atomic E-state index is 6.15. The molecule has 0 spiro atoms. The first-order chi connectivity index (χ1) is 7.59. The molecule has 2 N–H and O–H groups in total. The van der Waals surface area contributed by atoms with Gasteiger partial charge in [-0.1, -0.05) is 35.3 Å². The summed E-state index contributed by atoms with van der Waals surface area (Å²) >= 11 is 12.1. The number of rotatable bonds is 1. The minimum Gasteiger partial charge on any atom is -0.384 e. The quantitative estimate of drug-likeness (QED) is 0.835. The van der Waals surface area contributed by atoms with Crippen LogP contribution in [0.15, 0.2) is 30.3 Å². The van der Waals surface area contributed by atoms with Gasteiger partial charge in [-0.05, 0) is 25.1 Å². The van der Waals surface area contributed by atoms with Gasteiger partial charge in [-0.25, -0.2) is 4.98 Å². The Balaban J connectivity index is 2.63. The fourth-order valence-electron chi connectivity index (χ4n) is 1.58. The van der Waals surface area contributed by atoms with Crippen LogP contribution in [0, 0.1) is 6.92 Å². The maximum Gasteiger partial charge on any atom is 0.123 e. The Morgan fingerprint density at radius 3 is 2.50 bits per heavy atom. The van der Waals surface area contributed by atoms with Gasteiger partial charge in [0.05, 0.1) is 10.0 Å². The summed E-state index contributed by atoms with van der Waals surface area (Å²) in [7, 11) is 0. The molecule has 0 aliphatic carbocycles. The van der Waals surface area contributed by atoms with E-state index in [4.69, 9.17) is 28.9 Å². The summed E-state index contributed by atoms with van der Waals surface area (Å²) in [4.78, 5) is 4.20. The van der Waals surface area contributed by atoms with E-state index in [2.05, 4.69) is 4.98 Å². The number of anilines is 1. The molecule has 1 aromatic carbocycles. The van der Waals surface area contributed by atoms with E-state index in [0.29, 0.717) is 15.9 Å². The van der Waals surface area contributed by atoms with Crippen LogP contribution in [-0.4, -0.2) is 4.98 Å². The molecule has 0 aliphatic rings. The van der Waals surface area contributed by atoms with Gasteiger partial charge in [0.1, 0.15) is 5.82 Å². The molecule has 2 rings (SSSR count). The highest BCUT2D eigenvalue weighted by Crippen LogP contribution is 2.34. The highest BCUT2D eigenvalue weighted by molar-refractivity contribution is 6.43. The Labute approximate surface area is 104 Å². The highest BCUT2D eigenvalue weighted by atomic mass is 35.5. The van der Waals surface area contributed by atoms with E-state index in [0.717, 1.165) is 16.8 Å². The lowest BCUT2D eigenvalue weighted by Gasteiger charge is -2.08. The van der Waals surface area contributed by atoms with E-state index >= 15 is 0 Å². The number of nitrogens with zero attached hydrogens (tertiary/aromatic N) is 1. The summed E-state index contributed by atoms with van der Waals surface area (Å²) in [6.45, 7) is 1.89. The molecule has 0 fully saturated rings. The van der Waals surface area contributed by atoms with E-state index in [1.54, 1.807) is 12.1 Å². The number of nitrogen functional groups attached to an aromatic ring is 1. The van der Waals surface area contributed by atoms with Crippen molar-refractivity contribution in [2.75, 3.05) is 5.73 Å². The summed E-state index contributed by atoms with van der Waals surface area (Å²) in [5.74, 6) is 0.499. The van der Waals surface area contributed by atoms with Crippen LogP contribution in [0.1, 0.15) is 5.69 Å². The number of benzene rings is 1. The highest BCUT2D eigenvalue weighted by Gasteiger charge is 2.09. The van der Waals surface area contributed by atoms with Crippen molar-refractivity contribution in [2.45, 2.75) is 6.92 Å². The molecule has 2 nitrogen and oxygen atoms in total. The zero-order valence-corrected chi connectivity index (χ0v) is 10.2. The smallest absolute Gasteiger partial charge is 0.123 e.